The molecule has 17 heavy (non-hydrogen) atoms. The topological polar surface area (TPSA) is 52.9 Å². The van der Waals surface area contributed by atoms with Crippen molar-refractivity contribution < 1.29 is 4.79 Å². The summed E-state index contributed by atoms with van der Waals surface area (Å²) in [4.78, 5) is 11.9. The van der Waals surface area contributed by atoms with Crippen molar-refractivity contribution in [1.82, 2.24) is 5.32 Å². The highest BCUT2D eigenvalue weighted by Crippen LogP contribution is 2.40. The highest BCUT2D eigenvalue weighted by atomic mass is 16.2. The molecular weight excluding hydrogens is 212 g/mol. The lowest BCUT2D eigenvalue weighted by molar-refractivity contribution is -0.131. The standard InChI is InChI=1S/C14H22N2O/c15-11-14(8-4-9-14)13(17)16-10-7-12-5-2-1-3-6-12/h12H,1-10H2,(H,16,17). The van der Waals surface area contributed by atoms with E-state index in [1.54, 1.807) is 0 Å². The van der Waals surface area contributed by atoms with Gasteiger partial charge >= 0.3 is 0 Å². The van der Waals surface area contributed by atoms with Crippen LogP contribution in [0.25, 0.3) is 0 Å². The minimum Gasteiger partial charge on any atom is -0.355 e. The van der Waals surface area contributed by atoms with Crippen molar-refractivity contribution in [3.63, 3.8) is 0 Å². The predicted octanol–water partition coefficient (Wildman–Crippen LogP) is 2.77. The van der Waals surface area contributed by atoms with E-state index in [-0.39, 0.29) is 5.91 Å². The molecule has 0 radical (unpaired) electrons. The molecule has 0 spiro atoms. The highest BCUT2D eigenvalue weighted by molar-refractivity contribution is 5.86. The van der Waals surface area contributed by atoms with E-state index in [4.69, 9.17) is 5.26 Å². The number of nitrogens with zero attached hydrogens (tertiary/aromatic N) is 1. The highest BCUT2D eigenvalue weighted by Gasteiger charge is 2.44. The van der Waals surface area contributed by atoms with Crippen LogP contribution in [0.3, 0.4) is 0 Å². The summed E-state index contributed by atoms with van der Waals surface area (Å²) in [7, 11) is 0. The van der Waals surface area contributed by atoms with Crippen LogP contribution in [0.1, 0.15) is 57.8 Å². The normalized spacial score (nSPS) is 23.5. The van der Waals surface area contributed by atoms with Crippen molar-refractivity contribution in [2.24, 2.45) is 11.3 Å². The number of nitrogens with one attached hydrogen (secondary N) is 1. The zero-order valence-electron chi connectivity index (χ0n) is 10.5. The minimum atomic E-state index is -0.674. The summed E-state index contributed by atoms with van der Waals surface area (Å²) < 4.78 is 0. The molecule has 0 bridgehead atoms. The average molecular weight is 234 g/mol. The van der Waals surface area contributed by atoms with Gasteiger partial charge in [0.15, 0.2) is 0 Å². The molecule has 0 aromatic carbocycles. The number of nitriles is 1. The fraction of sp³-hybridized carbons (Fsp3) is 0.857. The summed E-state index contributed by atoms with van der Waals surface area (Å²) in [5, 5.41) is 12.0. The van der Waals surface area contributed by atoms with E-state index >= 15 is 0 Å². The van der Waals surface area contributed by atoms with Gasteiger partial charge in [0.25, 0.3) is 0 Å². The SMILES string of the molecule is N#CC1(C(=O)NCCC2CCCCC2)CCC1. The molecule has 0 aromatic rings. The first kappa shape index (κ1) is 12.4. The van der Waals surface area contributed by atoms with E-state index in [2.05, 4.69) is 11.4 Å². The Morgan fingerprint density at radius 3 is 2.47 bits per heavy atom. The average Bonchev–Trinajstić information content (AvgIpc) is 2.30. The summed E-state index contributed by atoms with van der Waals surface area (Å²) in [6.07, 6.45) is 10.3. The summed E-state index contributed by atoms with van der Waals surface area (Å²) in [6, 6.07) is 2.19. The van der Waals surface area contributed by atoms with Crippen LogP contribution in [0, 0.1) is 22.7 Å². The molecular formula is C14H22N2O. The maximum atomic E-state index is 11.9. The van der Waals surface area contributed by atoms with Gasteiger partial charge in [-0.1, -0.05) is 32.1 Å². The van der Waals surface area contributed by atoms with Crippen molar-refractivity contribution in [3.8, 4) is 6.07 Å². The number of rotatable bonds is 4. The smallest absolute Gasteiger partial charge is 0.240 e. The zero-order chi connectivity index (χ0) is 12.1. The first-order valence-corrected chi connectivity index (χ1v) is 6.96. The van der Waals surface area contributed by atoms with Crippen molar-refractivity contribution in [3.05, 3.63) is 0 Å². The predicted molar refractivity (Wildman–Crippen MR) is 66.1 cm³/mol. The quantitative estimate of drug-likeness (QED) is 0.813. The van der Waals surface area contributed by atoms with E-state index in [1.807, 2.05) is 0 Å². The Morgan fingerprint density at radius 2 is 1.94 bits per heavy atom. The van der Waals surface area contributed by atoms with Crippen molar-refractivity contribution in [2.75, 3.05) is 6.54 Å². The van der Waals surface area contributed by atoms with Gasteiger partial charge in [-0.05, 0) is 31.6 Å². The van der Waals surface area contributed by atoms with Gasteiger partial charge in [-0.25, -0.2) is 0 Å². The van der Waals surface area contributed by atoms with Gasteiger partial charge in [0.1, 0.15) is 5.41 Å². The third-order valence-electron chi connectivity index (χ3n) is 4.42. The van der Waals surface area contributed by atoms with Gasteiger partial charge in [0.2, 0.25) is 5.91 Å². The van der Waals surface area contributed by atoms with Crippen LogP contribution in [0.4, 0.5) is 0 Å². The molecule has 0 unspecified atom stereocenters. The lowest BCUT2D eigenvalue weighted by Gasteiger charge is -2.33. The van der Waals surface area contributed by atoms with Crippen molar-refractivity contribution in [1.29, 1.82) is 5.26 Å². The second-order valence-corrected chi connectivity index (χ2v) is 5.60. The Morgan fingerprint density at radius 1 is 1.24 bits per heavy atom. The third-order valence-corrected chi connectivity index (χ3v) is 4.42. The first-order chi connectivity index (χ1) is 8.27. The third kappa shape index (κ3) is 2.80. The molecule has 3 heteroatoms. The fourth-order valence-corrected chi connectivity index (χ4v) is 2.95. The molecule has 0 heterocycles. The van der Waals surface area contributed by atoms with Gasteiger partial charge in [-0.3, -0.25) is 4.79 Å². The van der Waals surface area contributed by atoms with Crippen molar-refractivity contribution >= 4 is 5.91 Å². The molecule has 2 fully saturated rings. The number of carbonyl (C=O) groups is 1. The second-order valence-electron chi connectivity index (χ2n) is 5.60. The molecule has 2 saturated carbocycles. The monoisotopic (exact) mass is 234 g/mol. The minimum absolute atomic E-state index is 0.0259. The molecule has 2 aliphatic rings. The Labute approximate surface area is 104 Å². The summed E-state index contributed by atoms with van der Waals surface area (Å²) in [5.74, 6) is 0.769. The van der Waals surface area contributed by atoms with Gasteiger partial charge in [-0.2, -0.15) is 5.26 Å². The molecule has 0 saturated heterocycles. The Bertz CT molecular complexity index is 309. The van der Waals surface area contributed by atoms with Crippen LogP contribution < -0.4 is 5.32 Å². The number of carbonyl (C=O) groups excluding carboxylic acids is 1. The summed E-state index contributed by atoms with van der Waals surface area (Å²) in [5.41, 5.74) is -0.674. The fourth-order valence-electron chi connectivity index (χ4n) is 2.95. The molecule has 94 valence electrons. The first-order valence-electron chi connectivity index (χ1n) is 6.96. The Kier molecular flexibility index (Phi) is 4.04. The van der Waals surface area contributed by atoms with Crippen LogP contribution in [-0.4, -0.2) is 12.5 Å². The Hall–Kier alpha value is -1.04. The van der Waals surface area contributed by atoms with Gasteiger partial charge < -0.3 is 5.32 Å². The summed E-state index contributed by atoms with van der Waals surface area (Å²) >= 11 is 0. The van der Waals surface area contributed by atoms with E-state index in [0.29, 0.717) is 0 Å². The number of amides is 1. The Balaban J connectivity index is 1.68. The molecule has 2 rings (SSSR count). The molecule has 2 aliphatic carbocycles. The molecule has 1 N–H and O–H groups in total. The molecule has 1 amide bonds. The van der Waals surface area contributed by atoms with Gasteiger partial charge in [0, 0.05) is 6.54 Å². The molecule has 0 aromatic heterocycles. The van der Waals surface area contributed by atoms with Gasteiger partial charge in [0.05, 0.1) is 6.07 Å². The lowest BCUT2D eigenvalue weighted by atomic mass is 9.69. The van der Waals surface area contributed by atoms with Crippen LogP contribution >= 0.6 is 0 Å². The second kappa shape index (κ2) is 5.53. The van der Waals surface area contributed by atoms with E-state index in [9.17, 15) is 4.79 Å². The molecule has 3 nitrogen and oxygen atoms in total. The lowest BCUT2D eigenvalue weighted by Crippen LogP contribution is -2.45. The zero-order valence-corrected chi connectivity index (χ0v) is 10.5. The maximum Gasteiger partial charge on any atom is 0.240 e. The summed E-state index contributed by atoms with van der Waals surface area (Å²) in [6.45, 7) is 0.757. The molecule has 0 aliphatic heterocycles. The van der Waals surface area contributed by atoms with E-state index in [0.717, 1.165) is 38.1 Å². The molecule has 0 atom stereocenters. The largest absolute Gasteiger partial charge is 0.355 e. The number of hydrogen-bond acceptors (Lipinski definition) is 2. The van der Waals surface area contributed by atoms with E-state index < -0.39 is 5.41 Å². The van der Waals surface area contributed by atoms with Crippen LogP contribution in [0.15, 0.2) is 0 Å². The van der Waals surface area contributed by atoms with E-state index in [1.165, 1.54) is 32.1 Å². The van der Waals surface area contributed by atoms with Crippen molar-refractivity contribution in [2.45, 2.75) is 57.8 Å². The van der Waals surface area contributed by atoms with Crippen LogP contribution in [0.2, 0.25) is 0 Å². The van der Waals surface area contributed by atoms with Gasteiger partial charge in [-0.15, -0.1) is 0 Å². The van der Waals surface area contributed by atoms with Crippen LogP contribution in [-0.2, 0) is 4.79 Å². The maximum absolute atomic E-state index is 11.9. The number of hydrogen-bond donors (Lipinski definition) is 1. The van der Waals surface area contributed by atoms with Crippen LogP contribution in [0.5, 0.6) is 0 Å².